The Labute approximate surface area is 124 Å². The number of rotatable bonds is 6. The summed E-state index contributed by atoms with van der Waals surface area (Å²) in [6, 6.07) is 13.5. The smallest absolute Gasteiger partial charge is 0.0326 e. The largest absolute Gasteiger partial charge is 0.310 e. The van der Waals surface area contributed by atoms with Crippen LogP contribution in [0.15, 0.2) is 40.9 Å². The molecule has 2 rings (SSSR count). The molecule has 0 bridgehead atoms. The third-order valence-electron chi connectivity index (χ3n) is 3.50. The summed E-state index contributed by atoms with van der Waals surface area (Å²) >= 11 is 3.65. The van der Waals surface area contributed by atoms with Crippen LogP contribution in [0.4, 0.5) is 0 Å². The van der Waals surface area contributed by atoms with Gasteiger partial charge in [-0.05, 0) is 41.8 Å². The molecule has 1 N–H and O–H groups in total. The molecule has 19 heavy (non-hydrogen) atoms. The number of nitrogens with one attached hydrogen (secondary N) is 1. The Balaban J connectivity index is 2.44. The van der Waals surface area contributed by atoms with E-state index in [0.717, 1.165) is 6.54 Å². The molecular formula is C17H22BrN. The van der Waals surface area contributed by atoms with E-state index in [-0.39, 0.29) is 0 Å². The molecule has 0 radical (unpaired) electrons. The topological polar surface area (TPSA) is 12.0 Å². The number of fused-ring (bicyclic) bond motifs is 1. The van der Waals surface area contributed by atoms with Gasteiger partial charge in [-0.3, -0.25) is 0 Å². The van der Waals surface area contributed by atoms with Crippen molar-refractivity contribution in [2.75, 3.05) is 6.54 Å². The monoisotopic (exact) mass is 319 g/mol. The second kappa shape index (κ2) is 7.06. The van der Waals surface area contributed by atoms with Crippen LogP contribution < -0.4 is 5.32 Å². The quantitative estimate of drug-likeness (QED) is 0.747. The molecule has 0 aliphatic carbocycles. The molecule has 0 saturated heterocycles. The van der Waals surface area contributed by atoms with Crippen LogP contribution in [0.25, 0.3) is 10.8 Å². The number of hydrogen-bond donors (Lipinski definition) is 1. The standard InChI is InChI=1S/C17H22BrN/c1-3-7-17(19-12-4-2)15-10-11-16(18)14-9-6-5-8-13(14)15/h5-6,8-11,17,19H,3-4,7,12H2,1-2H3. The lowest BCUT2D eigenvalue weighted by Gasteiger charge is -2.20. The van der Waals surface area contributed by atoms with Crippen LogP contribution in [0.5, 0.6) is 0 Å². The van der Waals surface area contributed by atoms with Crippen molar-refractivity contribution in [2.45, 2.75) is 39.2 Å². The van der Waals surface area contributed by atoms with E-state index in [4.69, 9.17) is 0 Å². The van der Waals surface area contributed by atoms with Crippen molar-refractivity contribution in [1.82, 2.24) is 5.32 Å². The lowest BCUT2D eigenvalue weighted by atomic mass is 9.96. The van der Waals surface area contributed by atoms with Crippen molar-refractivity contribution in [2.24, 2.45) is 0 Å². The molecule has 2 aromatic rings. The highest BCUT2D eigenvalue weighted by atomic mass is 79.9. The first-order valence-corrected chi connectivity index (χ1v) is 7.97. The van der Waals surface area contributed by atoms with Gasteiger partial charge >= 0.3 is 0 Å². The van der Waals surface area contributed by atoms with Crippen LogP contribution in [0.2, 0.25) is 0 Å². The summed E-state index contributed by atoms with van der Waals surface area (Å²) in [4.78, 5) is 0. The lowest BCUT2D eigenvalue weighted by molar-refractivity contribution is 0.497. The molecule has 0 aliphatic rings. The maximum atomic E-state index is 3.68. The summed E-state index contributed by atoms with van der Waals surface area (Å²) in [6.45, 7) is 5.55. The van der Waals surface area contributed by atoms with Crippen molar-refractivity contribution in [3.05, 3.63) is 46.4 Å². The molecule has 0 spiro atoms. The van der Waals surface area contributed by atoms with E-state index < -0.39 is 0 Å². The van der Waals surface area contributed by atoms with Crippen LogP contribution in [-0.2, 0) is 0 Å². The highest BCUT2D eigenvalue weighted by molar-refractivity contribution is 9.10. The Hall–Kier alpha value is -0.860. The summed E-state index contributed by atoms with van der Waals surface area (Å²) in [5.41, 5.74) is 1.43. The SMILES string of the molecule is CCCNC(CCC)c1ccc(Br)c2ccccc12. The highest BCUT2D eigenvalue weighted by Gasteiger charge is 2.13. The first kappa shape index (κ1) is 14.5. The molecule has 0 heterocycles. The summed E-state index contributed by atoms with van der Waals surface area (Å²) in [7, 11) is 0. The Morgan fingerprint density at radius 1 is 1.00 bits per heavy atom. The summed E-state index contributed by atoms with van der Waals surface area (Å²) in [5.74, 6) is 0. The van der Waals surface area contributed by atoms with E-state index in [1.165, 1.54) is 40.1 Å². The zero-order valence-corrected chi connectivity index (χ0v) is 13.3. The molecule has 1 nitrogen and oxygen atoms in total. The van der Waals surface area contributed by atoms with Crippen LogP contribution >= 0.6 is 15.9 Å². The minimum Gasteiger partial charge on any atom is -0.310 e. The Bertz CT molecular complexity index is 536. The van der Waals surface area contributed by atoms with Gasteiger partial charge in [0.15, 0.2) is 0 Å². The van der Waals surface area contributed by atoms with E-state index >= 15 is 0 Å². The van der Waals surface area contributed by atoms with Gasteiger partial charge in [0.2, 0.25) is 0 Å². The van der Waals surface area contributed by atoms with Gasteiger partial charge in [-0.1, -0.05) is 66.5 Å². The summed E-state index contributed by atoms with van der Waals surface area (Å²) in [6.07, 6.45) is 3.56. The van der Waals surface area contributed by atoms with Gasteiger partial charge in [0.05, 0.1) is 0 Å². The molecular weight excluding hydrogens is 298 g/mol. The number of hydrogen-bond acceptors (Lipinski definition) is 1. The molecule has 0 amide bonds. The van der Waals surface area contributed by atoms with Crippen molar-refractivity contribution < 1.29 is 0 Å². The van der Waals surface area contributed by atoms with Gasteiger partial charge in [0.1, 0.15) is 0 Å². The van der Waals surface area contributed by atoms with Crippen molar-refractivity contribution in [3.8, 4) is 0 Å². The molecule has 2 aromatic carbocycles. The zero-order valence-electron chi connectivity index (χ0n) is 11.7. The average molecular weight is 320 g/mol. The molecule has 0 saturated carbocycles. The maximum absolute atomic E-state index is 3.68. The minimum absolute atomic E-state index is 0.461. The van der Waals surface area contributed by atoms with Crippen molar-refractivity contribution >= 4 is 26.7 Å². The van der Waals surface area contributed by atoms with Crippen molar-refractivity contribution in [3.63, 3.8) is 0 Å². The van der Waals surface area contributed by atoms with Crippen LogP contribution in [0.1, 0.15) is 44.7 Å². The zero-order chi connectivity index (χ0) is 13.7. The van der Waals surface area contributed by atoms with Gasteiger partial charge in [-0.2, -0.15) is 0 Å². The fourth-order valence-corrected chi connectivity index (χ4v) is 3.04. The minimum atomic E-state index is 0.461. The van der Waals surface area contributed by atoms with Gasteiger partial charge in [0.25, 0.3) is 0 Å². The molecule has 0 aliphatic heterocycles. The van der Waals surface area contributed by atoms with Gasteiger partial charge in [-0.25, -0.2) is 0 Å². The molecule has 0 fully saturated rings. The lowest BCUT2D eigenvalue weighted by Crippen LogP contribution is -2.22. The molecule has 1 atom stereocenters. The summed E-state index contributed by atoms with van der Waals surface area (Å²) < 4.78 is 1.18. The Morgan fingerprint density at radius 3 is 2.42 bits per heavy atom. The predicted molar refractivity (Wildman–Crippen MR) is 87.6 cm³/mol. The normalized spacial score (nSPS) is 12.8. The predicted octanol–water partition coefficient (Wildman–Crippen LogP) is 5.44. The van der Waals surface area contributed by atoms with E-state index in [9.17, 15) is 0 Å². The molecule has 2 heteroatoms. The first-order valence-electron chi connectivity index (χ1n) is 7.18. The molecule has 1 unspecified atom stereocenters. The van der Waals surface area contributed by atoms with Gasteiger partial charge in [-0.15, -0.1) is 0 Å². The van der Waals surface area contributed by atoms with E-state index in [1.54, 1.807) is 0 Å². The second-order valence-corrected chi connectivity index (χ2v) is 5.83. The second-order valence-electron chi connectivity index (χ2n) is 4.98. The third-order valence-corrected chi connectivity index (χ3v) is 4.19. The molecule has 102 valence electrons. The maximum Gasteiger partial charge on any atom is 0.0326 e. The average Bonchev–Trinajstić information content (AvgIpc) is 2.45. The summed E-state index contributed by atoms with van der Waals surface area (Å²) in [5, 5.41) is 6.35. The van der Waals surface area contributed by atoms with Crippen LogP contribution in [0, 0.1) is 0 Å². The fourth-order valence-electron chi connectivity index (χ4n) is 2.56. The van der Waals surface area contributed by atoms with E-state index in [0.29, 0.717) is 6.04 Å². The number of halogens is 1. The van der Waals surface area contributed by atoms with Crippen LogP contribution in [-0.4, -0.2) is 6.54 Å². The van der Waals surface area contributed by atoms with Gasteiger partial charge < -0.3 is 5.32 Å². The third kappa shape index (κ3) is 3.37. The molecule has 0 aromatic heterocycles. The highest BCUT2D eigenvalue weighted by Crippen LogP contribution is 2.31. The fraction of sp³-hybridized carbons (Fsp3) is 0.412. The van der Waals surface area contributed by atoms with E-state index in [2.05, 4.69) is 71.5 Å². The Morgan fingerprint density at radius 2 is 1.74 bits per heavy atom. The first-order chi connectivity index (χ1) is 9.27. The Kier molecular flexibility index (Phi) is 5.41. The van der Waals surface area contributed by atoms with Crippen LogP contribution in [0.3, 0.4) is 0 Å². The number of benzene rings is 2. The van der Waals surface area contributed by atoms with Gasteiger partial charge in [0, 0.05) is 10.5 Å². The van der Waals surface area contributed by atoms with Crippen molar-refractivity contribution in [1.29, 1.82) is 0 Å². The van der Waals surface area contributed by atoms with E-state index in [1.807, 2.05) is 0 Å².